The Hall–Kier alpha value is -2.18. The van der Waals surface area contributed by atoms with Crippen molar-refractivity contribution in [1.29, 1.82) is 0 Å². The molecular formula is C19H16BrN3OS. The number of thioether (sulfide) groups is 1. The molecule has 1 aromatic heterocycles. The summed E-state index contributed by atoms with van der Waals surface area (Å²) in [5.74, 6) is 1.16. The molecule has 3 aromatic rings. The average molecular weight is 414 g/mol. The Balaban J connectivity index is 1.81. The Kier molecular flexibility index (Phi) is 5.83. The smallest absolute Gasteiger partial charge is 0.192 e. The predicted octanol–water partition coefficient (Wildman–Crippen LogP) is 4.87. The van der Waals surface area contributed by atoms with Gasteiger partial charge in [0.2, 0.25) is 0 Å². The molecule has 126 valence electrons. The number of benzene rings is 2. The highest BCUT2D eigenvalue weighted by molar-refractivity contribution is 9.10. The number of Topliss-reactive ketones (excluding diaryl/α,β-unsaturated/α-hetero) is 1. The maximum atomic E-state index is 12.3. The molecule has 25 heavy (non-hydrogen) atoms. The lowest BCUT2D eigenvalue weighted by atomic mass is 10.2. The minimum Gasteiger partial charge on any atom is -0.298 e. The van der Waals surface area contributed by atoms with Crippen molar-refractivity contribution < 1.29 is 4.79 Å². The number of aromatic nitrogens is 3. The summed E-state index contributed by atoms with van der Waals surface area (Å²) in [4.78, 5) is 12.3. The second kappa shape index (κ2) is 8.27. The Labute approximate surface area is 159 Å². The molecule has 1 heterocycles. The number of carbonyl (C=O) groups excluding carboxylic acids is 1. The van der Waals surface area contributed by atoms with E-state index in [9.17, 15) is 4.79 Å². The van der Waals surface area contributed by atoms with Crippen LogP contribution in [0.4, 0.5) is 0 Å². The monoisotopic (exact) mass is 413 g/mol. The van der Waals surface area contributed by atoms with E-state index in [4.69, 9.17) is 0 Å². The van der Waals surface area contributed by atoms with E-state index in [0.29, 0.717) is 23.0 Å². The van der Waals surface area contributed by atoms with Gasteiger partial charge in [0.25, 0.3) is 0 Å². The van der Waals surface area contributed by atoms with Crippen LogP contribution in [-0.4, -0.2) is 26.3 Å². The quantitative estimate of drug-likeness (QED) is 0.315. The third-order valence-electron chi connectivity index (χ3n) is 3.56. The fourth-order valence-electron chi connectivity index (χ4n) is 2.34. The van der Waals surface area contributed by atoms with E-state index in [-0.39, 0.29) is 5.78 Å². The van der Waals surface area contributed by atoms with Crippen LogP contribution in [0.2, 0.25) is 0 Å². The Morgan fingerprint density at radius 2 is 1.84 bits per heavy atom. The molecule has 0 radical (unpaired) electrons. The van der Waals surface area contributed by atoms with Crippen LogP contribution in [0.5, 0.6) is 0 Å². The van der Waals surface area contributed by atoms with Crippen molar-refractivity contribution in [2.24, 2.45) is 0 Å². The number of allylic oxidation sites excluding steroid dienone is 1. The van der Waals surface area contributed by atoms with Gasteiger partial charge in [-0.1, -0.05) is 76.2 Å². The second-order valence-electron chi connectivity index (χ2n) is 5.29. The summed E-state index contributed by atoms with van der Waals surface area (Å²) in [7, 11) is 0. The number of rotatable bonds is 7. The molecule has 0 saturated heterocycles. The third-order valence-corrected chi connectivity index (χ3v) is 5.05. The van der Waals surface area contributed by atoms with E-state index in [2.05, 4.69) is 32.7 Å². The summed E-state index contributed by atoms with van der Waals surface area (Å²) in [5.41, 5.74) is 1.68. The maximum absolute atomic E-state index is 12.3. The van der Waals surface area contributed by atoms with E-state index >= 15 is 0 Å². The first kappa shape index (κ1) is 17.6. The van der Waals surface area contributed by atoms with Crippen LogP contribution >= 0.6 is 27.7 Å². The molecule has 0 amide bonds. The molecule has 0 unspecified atom stereocenters. The second-order valence-corrected chi connectivity index (χ2v) is 7.15. The molecule has 6 heteroatoms. The van der Waals surface area contributed by atoms with E-state index < -0.39 is 0 Å². The highest BCUT2D eigenvalue weighted by Gasteiger charge is 2.15. The van der Waals surface area contributed by atoms with Gasteiger partial charge in [-0.25, -0.2) is 0 Å². The lowest BCUT2D eigenvalue weighted by molar-refractivity contribution is 0.102. The topological polar surface area (TPSA) is 47.8 Å². The number of hydrogen-bond donors (Lipinski definition) is 0. The molecule has 2 aromatic carbocycles. The first-order chi connectivity index (χ1) is 12.2. The van der Waals surface area contributed by atoms with Crippen molar-refractivity contribution in [3.8, 4) is 11.4 Å². The molecule has 0 N–H and O–H groups in total. The minimum atomic E-state index is 0.0731. The lowest BCUT2D eigenvalue weighted by Gasteiger charge is -2.07. The number of hydrogen-bond acceptors (Lipinski definition) is 4. The van der Waals surface area contributed by atoms with Crippen molar-refractivity contribution in [3.63, 3.8) is 0 Å². The van der Waals surface area contributed by atoms with Gasteiger partial charge in [0.1, 0.15) is 0 Å². The molecule has 4 nitrogen and oxygen atoms in total. The van der Waals surface area contributed by atoms with Gasteiger partial charge in [0, 0.05) is 22.1 Å². The standard InChI is InChI=1S/C19H16BrN3OS/c1-2-12-23-18(15-8-10-16(20)11-9-15)21-22-19(23)25-13-17(24)14-6-4-3-5-7-14/h2-11H,1,12-13H2. The molecule has 0 saturated carbocycles. The van der Waals surface area contributed by atoms with Gasteiger partial charge in [-0.05, 0) is 12.1 Å². The van der Waals surface area contributed by atoms with Crippen LogP contribution < -0.4 is 0 Å². The van der Waals surface area contributed by atoms with Gasteiger partial charge >= 0.3 is 0 Å². The van der Waals surface area contributed by atoms with E-state index in [1.165, 1.54) is 11.8 Å². The van der Waals surface area contributed by atoms with Crippen molar-refractivity contribution in [2.75, 3.05) is 5.75 Å². The molecular weight excluding hydrogens is 398 g/mol. The predicted molar refractivity (Wildman–Crippen MR) is 105 cm³/mol. The van der Waals surface area contributed by atoms with Crippen molar-refractivity contribution in [3.05, 3.63) is 77.3 Å². The number of ketones is 1. The SMILES string of the molecule is C=CCn1c(SCC(=O)c2ccccc2)nnc1-c1ccc(Br)cc1. The van der Waals surface area contributed by atoms with E-state index in [0.717, 1.165) is 15.9 Å². The summed E-state index contributed by atoms with van der Waals surface area (Å²) in [5, 5.41) is 9.28. The summed E-state index contributed by atoms with van der Waals surface area (Å²) in [6.07, 6.45) is 1.80. The van der Waals surface area contributed by atoms with Gasteiger partial charge in [0.15, 0.2) is 16.8 Å². The largest absolute Gasteiger partial charge is 0.298 e. The minimum absolute atomic E-state index is 0.0731. The normalized spacial score (nSPS) is 10.6. The molecule has 0 atom stereocenters. The van der Waals surface area contributed by atoms with Crippen molar-refractivity contribution >= 4 is 33.5 Å². The highest BCUT2D eigenvalue weighted by Crippen LogP contribution is 2.25. The van der Waals surface area contributed by atoms with Crippen LogP contribution in [0.15, 0.2) is 76.9 Å². The number of nitrogens with zero attached hydrogens (tertiary/aromatic N) is 3. The molecule has 0 aliphatic carbocycles. The third kappa shape index (κ3) is 4.27. The maximum Gasteiger partial charge on any atom is 0.192 e. The molecule has 0 aliphatic rings. The molecule has 0 fully saturated rings. The Morgan fingerprint density at radius 1 is 1.12 bits per heavy atom. The summed E-state index contributed by atoms with van der Waals surface area (Å²) in [6.45, 7) is 4.39. The van der Waals surface area contributed by atoms with Crippen LogP contribution in [0.3, 0.4) is 0 Å². The van der Waals surface area contributed by atoms with Crippen molar-refractivity contribution in [1.82, 2.24) is 14.8 Å². The fourth-order valence-corrected chi connectivity index (χ4v) is 3.45. The zero-order valence-electron chi connectivity index (χ0n) is 13.4. The average Bonchev–Trinajstić information content (AvgIpc) is 3.04. The number of carbonyl (C=O) groups is 1. The van der Waals surface area contributed by atoms with Crippen LogP contribution in [0, 0.1) is 0 Å². The van der Waals surface area contributed by atoms with Crippen LogP contribution in [0.1, 0.15) is 10.4 Å². The highest BCUT2D eigenvalue weighted by atomic mass is 79.9. The summed E-state index contributed by atoms with van der Waals surface area (Å²) >= 11 is 4.83. The molecule has 0 bridgehead atoms. The van der Waals surface area contributed by atoms with Gasteiger partial charge in [-0.2, -0.15) is 0 Å². The molecule has 0 aliphatic heterocycles. The van der Waals surface area contributed by atoms with Crippen LogP contribution in [0.25, 0.3) is 11.4 Å². The Morgan fingerprint density at radius 3 is 2.52 bits per heavy atom. The molecule has 3 rings (SSSR count). The van der Waals surface area contributed by atoms with E-state index in [1.807, 2.05) is 59.2 Å². The lowest BCUT2D eigenvalue weighted by Crippen LogP contribution is -2.05. The summed E-state index contributed by atoms with van der Waals surface area (Å²) in [6, 6.07) is 17.2. The zero-order valence-corrected chi connectivity index (χ0v) is 15.8. The van der Waals surface area contributed by atoms with Gasteiger partial charge in [-0.15, -0.1) is 16.8 Å². The molecule has 0 spiro atoms. The van der Waals surface area contributed by atoms with E-state index in [1.54, 1.807) is 6.08 Å². The summed E-state index contributed by atoms with van der Waals surface area (Å²) < 4.78 is 2.98. The van der Waals surface area contributed by atoms with Crippen LogP contribution in [-0.2, 0) is 6.54 Å². The zero-order chi connectivity index (χ0) is 17.6. The van der Waals surface area contributed by atoms with Gasteiger partial charge in [-0.3, -0.25) is 9.36 Å². The van der Waals surface area contributed by atoms with Crippen molar-refractivity contribution in [2.45, 2.75) is 11.7 Å². The van der Waals surface area contributed by atoms with Gasteiger partial charge < -0.3 is 0 Å². The first-order valence-electron chi connectivity index (χ1n) is 7.70. The fraction of sp³-hybridized carbons (Fsp3) is 0.105. The first-order valence-corrected chi connectivity index (χ1v) is 9.48. The number of halogens is 1. The Bertz CT molecular complexity index is 875. The van der Waals surface area contributed by atoms with Gasteiger partial charge in [0.05, 0.1) is 5.75 Å².